The van der Waals surface area contributed by atoms with Crippen LogP contribution in [0.25, 0.3) is 0 Å². The van der Waals surface area contributed by atoms with Crippen molar-refractivity contribution in [2.75, 3.05) is 19.6 Å². The monoisotopic (exact) mass is 282 g/mol. The van der Waals surface area contributed by atoms with Gasteiger partial charge < -0.3 is 5.32 Å². The molecule has 4 nitrogen and oxygen atoms in total. The van der Waals surface area contributed by atoms with Crippen LogP contribution in [0.4, 0.5) is 8.78 Å². The number of carbonyl (C=O) groups excluding carboxylic acids is 2. The van der Waals surface area contributed by atoms with Crippen LogP contribution in [0.15, 0.2) is 18.2 Å². The largest absolute Gasteiger partial charge is 0.352 e. The fourth-order valence-electron chi connectivity index (χ4n) is 2.43. The summed E-state index contributed by atoms with van der Waals surface area (Å²) in [6.45, 7) is 2.52. The van der Waals surface area contributed by atoms with E-state index in [4.69, 9.17) is 0 Å². The van der Waals surface area contributed by atoms with E-state index in [2.05, 4.69) is 5.32 Å². The Labute approximate surface area is 115 Å². The highest BCUT2D eigenvalue weighted by Gasteiger charge is 2.26. The predicted molar refractivity (Wildman–Crippen MR) is 69.4 cm³/mol. The van der Waals surface area contributed by atoms with Crippen LogP contribution in [0.2, 0.25) is 0 Å². The van der Waals surface area contributed by atoms with Gasteiger partial charge in [0.25, 0.3) is 0 Å². The fourth-order valence-corrected chi connectivity index (χ4v) is 2.43. The molecule has 2 rings (SSSR count). The molecule has 0 aromatic heterocycles. The van der Waals surface area contributed by atoms with Gasteiger partial charge in [0.2, 0.25) is 5.91 Å². The smallest absolute Gasteiger partial charge is 0.217 e. The zero-order chi connectivity index (χ0) is 14.7. The molecule has 1 N–H and O–H groups in total. The summed E-state index contributed by atoms with van der Waals surface area (Å²) in [6, 6.07) is 3.36. The molecule has 1 aliphatic heterocycles. The minimum Gasteiger partial charge on any atom is -0.352 e. The number of halogens is 2. The van der Waals surface area contributed by atoms with E-state index in [-0.39, 0.29) is 18.5 Å². The molecule has 1 atom stereocenters. The maximum Gasteiger partial charge on any atom is 0.217 e. The number of amides is 1. The van der Waals surface area contributed by atoms with Crippen molar-refractivity contribution in [2.24, 2.45) is 0 Å². The van der Waals surface area contributed by atoms with Crippen molar-refractivity contribution in [1.82, 2.24) is 10.2 Å². The lowest BCUT2D eigenvalue weighted by Gasteiger charge is -2.15. The van der Waals surface area contributed by atoms with E-state index in [1.54, 1.807) is 4.90 Å². The number of benzene rings is 1. The first kappa shape index (κ1) is 14.6. The zero-order valence-electron chi connectivity index (χ0n) is 11.2. The van der Waals surface area contributed by atoms with Gasteiger partial charge in [-0.1, -0.05) is 6.07 Å². The minimum absolute atomic E-state index is 0.00855. The Morgan fingerprint density at radius 1 is 1.35 bits per heavy atom. The Morgan fingerprint density at radius 2 is 2.00 bits per heavy atom. The lowest BCUT2D eigenvalue weighted by molar-refractivity contribution is -0.119. The summed E-state index contributed by atoms with van der Waals surface area (Å²) in [5.41, 5.74) is -0.490. The van der Waals surface area contributed by atoms with Crippen LogP contribution in [0.3, 0.4) is 0 Å². The molecule has 1 amide bonds. The molecular weight excluding hydrogens is 266 g/mol. The molecule has 1 saturated heterocycles. The molecule has 1 aromatic rings. The second kappa shape index (κ2) is 6.09. The van der Waals surface area contributed by atoms with Gasteiger partial charge in [-0.15, -0.1) is 0 Å². The number of hydrogen-bond acceptors (Lipinski definition) is 3. The van der Waals surface area contributed by atoms with Gasteiger partial charge in [0, 0.05) is 26.1 Å². The summed E-state index contributed by atoms with van der Waals surface area (Å²) in [5, 5.41) is 2.77. The van der Waals surface area contributed by atoms with Gasteiger partial charge in [-0.2, -0.15) is 0 Å². The number of nitrogens with one attached hydrogen (secondary N) is 1. The Balaban J connectivity index is 1.98. The maximum atomic E-state index is 13.5. The molecule has 20 heavy (non-hydrogen) atoms. The molecule has 0 saturated carbocycles. The Kier molecular flexibility index (Phi) is 4.44. The normalized spacial score (nSPS) is 19.1. The van der Waals surface area contributed by atoms with E-state index in [9.17, 15) is 18.4 Å². The lowest BCUT2D eigenvalue weighted by Crippen LogP contribution is -2.37. The Hall–Kier alpha value is -1.82. The summed E-state index contributed by atoms with van der Waals surface area (Å²) in [4.78, 5) is 24.7. The van der Waals surface area contributed by atoms with Crippen LogP contribution in [0, 0.1) is 11.6 Å². The Bertz CT molecular complexity index is 514. The van der Waals surface area contributed by atoms with E-state index in [0.29, 0.717) is 13.1 Å². The maximum absolute atomic E-state index is 13.5. The number of rotatable bonds is 4. The van der Waals surface area contributed by atoms with E-state index in [1.165, 1.54) is 13.0 Å². The number of Topliss-reactive ketones (excluding diaryl/α,β-unsaturated/α-hetero) is 1. The van der Waals surface area contributed by atoms with Crippen LogP contribution in [0.5, 0.6) is 0 Å². The molecule has 1 heterocycles. The minimum atomic E-state index is -0.840. The molecule has 1 fully saturated rings. The number of carbonyl (C=O) groups is 2. The van der Waals surface area contributed by atoms with Crippen molar-refractivity contribution in [3.63, 3.8) is 0 Å². The molecule has 0 aliphatic carbocycles. The number of hydrogen-bond donors (Lipinski definition) is 1. The van der Waals surface area contributed by atoms with Crippen molar-refractivity contribution in [1.29, 1.82) is 0 Å². The van der Waals surface area contributed by atoms with E-state index >= 15 is 0 Å². The molecule has 108 valence electrons. The summed E-state index contributed by atoms with van der Waals surface area (Å²) in [7, 11) is 0. The second-order valence-electron chi connectivity index (χ2n) is 4.94. The van der Waals surface area contributed by atoms with Gasteiger partial charge in [-0.05, 0) is 18.6 Å². The van der Waals surface area contributed by atoms with Gasteiger partial charge in [0.15, 0.2) is 5.78 Å². The lowest BCUT2D eigenvalue weighted by atomic mass is 10.1. The van der Waals surface area contributed by atoms with E-state index in [0.717, 1.165) is 18.6 Å². The van der Waals surface area contributed by atoms with Crippen LogP contribution in [-0.4, -0.2) is 42.3 Å². The molecule has 0 spiro atoms. The topological polar surface area (TPSA) is 49.4 Å². The molecule has 1 aliphatic rings. The van der Waals surface area contributed by atoms with Crippen LogP contribution in [0.1, 0.15) is 23.7 Å². The van der Waals surface area contributed by atoms with Crippen molar-refractivity contribution >= 4 is 11.7 Å². The van der Waals surface area contributed by atoms with E-state index < -0.39 is 23.0 Å². The van der Waals surface area contributed by atoms with Gasteiger partial charge in [0.05, 0.1) is 12.1 Å². The molecule has 0 bridgehead atoms. The standard InChI is InChI=1S/C14H16F2N2O2/c1-9(19)17-10-5-6-18(7-10)8-13(20)14-11(15)3-2-4-12(14)16/h2-4,10H,5-8H2,1H3,(H,17,19). The first-order valence-electron chi connectivity index (χ1n) is 6.44. The van der Waals surface area contributed by atoms with Crippen molar-refractivity contribution in [3.8, 4) is 0 Å². The van der Waals surface area contributed by atoms with E-state index in [1.807, 2.05) is 0 Å². The SMILES string of the molecule is CC(=O)NC1CCN(CC(=O)c2c(F)cccc2F)C1. The summed E-state index contributed by atoms with van der Waals surface area (Å²) in [5.74, 6) is -2.38. The molecule has 1 aromatic carbocycles. The summed E-state index contributed by atoms with van der Waals surface area (Å²) in [6.07, 6.45) is 0.729. The quantitative estimate of drug-likeness (QED) is 0.848. The average Bonchev–Trinajstić information content (AvgIpc) is 2.75. The van der Waals surface area contributed by atoms with Crippen LogP contribution in [-0.2, 0) is 4.79 Å². The highest BCUT2D eigenvalue weighted by molar-refractivity contribution is 5.98. The van der Waals surface area contributed by atoms with Crippen LogP contribution >= 0.6 is 0 Å². The van der Waals surface area contributed by atoms with Crippen molar-refractivity contribution in [2.45, 2.75) is 19.4 Å². The number of nitrogens with zero attached hydrogens (tertiary/aromatic N) is 1. The highest BCUT2D eigenvalue weighted by Crippen LogP contribution is 2.15. The third-order valence-electron chi connectivity index (χ3n) is 3.29. The van der Waals surface area contributed by atoms with Crippen molar-refractivity contribution in [3.05, 3.63) is 35.4 Å². The fraction of sp³-hybridized carbons (Fsp3) is 0.429. The Morgan fingerprint density at radius 3 is 2.60 bits per heavy atom. The predicted octanol–water partition coefficient (Wildman–Crippen LogP) is 1.36. The summed E-state index contributed by atoms with van der Waals surface area (Å²) >= 11 is 0. The third kappa shape index (κ3) is 3.39. The summed E-state index contributed by atoms with van der Waals surface area (Å²) < 4.78 is 27.0. The number of likely N-dealkylation sites (tertiary alicyclic amines) is 1. The average molecular weight is 282 g/mol. The van der Waals surface area contributed by atoms with Gasteiger partial charge in [-0.3, -0.25) is 14.5 Å². The molecular formula is C14H16F2N2O2. The first-order chi connectivity index (χ1) is 9.47. The van der Waals surface area contributed by atoms with Crippen LogP contribution < -0.4 is 5.32 Å². The second-order valence-corrected chi connectivity index (χ2v) is 4.94. The van der Waals surface area contributed by atoms with Crippen molar-refractivity contribution < 1.29 is 18.4 Å². The molecule has 0 radical (unpaired) electrons. The first-order valence-corrected chi connectivity index (χ1v) is 6.44. The highest BCUT2D eigenvalue weighted by atomic mass is 19.1. The van der Waals surface area contributed by atoms with Gasteiger partial charge >= 0.3 is 0 Å². The zero-order valence-corrected chi connectivity index (χ0v) is 11.2. The van der Waals surface area contributed by atoms with Gasteiger partial charge in [0.1, 0.15) is 11.6 Å². The number of ketones is 1. The van der Waals surface area contributed by atoms with Gasteiger partial charge in [-0.25, -0.2) is 8.78 Å². The molecule has 6 heteroatoms. The third-order valence-corrected chi connectivity index (χ3v) is 3.29. The molecule has 1 unspecified atom stereocenters.